The van der Waals surface area contributed by atoms with Crippen LogP contribution >= 0.6 is 0 Å². The van der Waals surface area contributed by atoms with Crippen molar-refractivity contribution in [2.75, 3.05) is 6.54 Å². The molecule has 4 rings (SSSR count). The Morgan fingerprint density at radius 1 is 1.00 bits per heavy atom. The summed E-state index contributed by atoms with van der Waals surface area (Å²) in [5, 5.41) is 6.99. The summed E-state index contributed by atoms with van der Waals surface area (Å²) in [4.78, 5) is 39.1. The number of benzene rings is 2. The van der Waals surface area contributed by atoms with Gasteiger partial charge in [-0.25, -0.2) is 4.79 Å². The number of carbonyl (C=O) groups excluding carboxylic acids is 1. The van der Waals surface area contributed by atoms with Crippen molar-refractivity contribution in [2.45, 2.75) is 40.2 Å². The molecule has 160 valence electrons. The van der Waals surface area contributed by atoms with Gasteiger partial charge in [-0.2, -0.15) is 9.78 Å². The molecule has 7 heteroatoms. The van der Waals surface area contributed by atoms with Gasteiger partial charge in [0, 0.05) is 6.54 Å². The Morgan fingerprint density at radius 2 is 1.65 bits per heavy atom. The molecule has 0 unspecified atom stereocenters. The van der Waals surface area contributed by atoms with E-state index in [4.69, 9.17) is 0 Å². The Labute approximate surface area is 180 Å². The van der Waals surface area contributed by atoms with Crippen molar-refractivity contribution >= 4 is 5.91 Å². The highest BCUT2D eigenvalue weighted by atomic mass is 16.2. The fourth-order valence-electron chi connectivity index (χ4n) is 3.56. The van der Waals surface area contributed by atoms with Gasteiger partial charge in [-0.3, -0.25) is 14.2 Å². The van der Waals surface area contributed by atoms with Crippen LogP contribution in [0.4, 0.5) is 0 Å². The number of aromatic nitrogens is 3. The molecule has 1 aromatic heterocycles. The van der Waals surface area contributed by atoms with E-state index in [9.17, 15) is 14.4 Å². The zero-order valence-corrected chi connectivity index (χ0v) is 18.0. The maximum Gasteiger partial charge on any atom is 0.352 e. The van der Waals surface area contributed by atoms with Crippen LogP contribution in [0.1, 0.15) is 45.6 Å². The molecule has 0 radical (unpaired) electrons. The van der Waals surface area contributed by atoms with Gasteiger partial charge in [0.15, 0.2) is 0 Å². The summed E-state index contributed by atoms with van der Waals surface area (Å²) in [5.74, 6) is -0.0863. The second-order valence-electron chi connectivity index (χ2n) is 8.42. The van der Waals surface area contributed by atoms with E-state index in [-0.39, 0.29) is 12.2 Å². The van der Waals surface area contributed by atoms with Gasteiger partial charge in [0.05, 0.1) is 12.2 Å². The van der Waals surface area contributed by atoms with Gasteiger partial charge in [-0.15, -0.1) is 0 Å². The lowest BCUT2D eigenvalue weighted by Gasteiger charge is -2.13. The Morgan fingerprint density at radius 3 is 2.26 bits per heavy atom. The van der Waals surface area contributed by atoms with Crippen LogP contribution in [0.2, 0.25) is 0 Å². The normalized spacial score (nSPS) is 13.3. The molecule has 31 heavy (non-hydrogen) atoms. The van der Waals surface area contributed by atoms with E-state index < -0.39 is 17.2 Å². The molecule has 1 heterocycles. The third-order valence-corrected chi connectivity index (χ3v) is 5.44. The Kier molecular flexibility index (Phi) is 5.59. The standard InChI is InChI=1S/C24H26N4O3/c1-15-4-6-19(7-5-15)14-27-23(30)21(22(29)25-13-18-8-9-18)26-28(24(27)31)20-11-16(2)10-17(3)12-20/h4-7,10-12,18H,8-9,13-14H2,1-3H3,(H,25,29). The zero-order chi connectivity index (χ0) is 22.1. The molecular formula is C24H26N4O3. The van der Waals surface area contributed by atoms with Crippen LogP contribution in [0.25, 0.3) is 5.69 Å². The lowest BCUT2D eigenvalue weighted by atomic mass is 10.1. The van der Waals surface area contributed by atoms with Crippen molar-refractivity contribution in [1.29, 1.82) is 0 Å². The predicted molar refractivity (Wildman–Crippen MR) is 119 cm³/mol. The molecule has 1 aliphatic rings. The predicted octanol–water partition coefficient (Wildman–Crippen LogP) is 2.51. The molecule has 0 spiro atoms. The SMILES string of the molecule is Cc1ccc(Cn2c(=O)c(C(=O)NCC3CC3)nn(-c3cc(C)cc(C)c3)c2=O)cc1. The van der Waals surface area contributed by atoms with Gasteiger partial charge in [-0.1, -0.05) is 35.9 Å². The molecule has 0 bridgehead atoms. The van der Waals surface area contributed by atoms with Crippen molar-refractivity contribution in [1.82, 2.24) is 19.7 Å². The van der Waals surface area contributed by atoms with Gasteiger partial charge >= 0.3 is 5.69 Å². The fraction of sp³-hybridized carbons (Fsp3) is 0.333. The van der Waals surface area contributed by atoms with Gasteiger partial charge in [0.2, 0.25) is 5.69 Å². The summed E-state index contributed by atoms with van der Waals surface area (Å²) < 4.78 is 2.24. The van der Waals surface area contributed by atoms with Crippen LogP contribution in [0, 0.1) is 26.7 Å². The summed E-state index contributed by atoms with van der Waals surface area (Å²) in [7, 11) is 0. The highest BCUT2D eigenvalue weighted by Crippen LogP contribution is 2.27. The van der Waals surface area contributed by atoms with Crippen LogP contribution in [0.15, 0.2) is 52.1 Å². The van der Waals surface area contributed by atoms with E-state index in [0.29, 0.717) is 18.2 Å². The van der Waals surface area contributed by atoms with Crippen molar-refractivity contribution in [2.24, 2.45) is 5.92 Å². The van der Waals surface area contributed by atoms with Crippen molar-refractivity contribution in [3.63, 3.8) is 0 Å². The Balaban J connectivity index is 1.84. The van der Waals surface area contributed by atoms with Gasteiger partial charge < -0.3 is 5.32 Å². The number of hydrogen-bond acceptors (Lipinski definition) is 4. The third kappa shape index (κ3) is 4.66. The third-order valence-electron chi connectivity index (χ3n) is 5.44. The molecule has 0 aliphatic heterocycles. The first kappa shape index (κ1) is 20.8. The minimum Gasteiger partial charge on any atom is -0.350 e. The first-order valence-corrected chi connectivity index (χ1v) is 10.5. The summed E-state index contributed by atoms with van der Waals surface area (Å²) in [6.45, 7) is 6.40. The quantitative estimate of drug-likeness (QED) is 0.667. The molecule has 0 atom stereocenters. The van der Waals surface area contributed by atoms with Crippen LogP contribution in [-0.4, -0.2) is 26.8 Å². The second-order valence-corrected chi connectivity index (χ2v) is 8.42. The summed E-state index contributed by atoms with van der Waals surface area (Å²) in [6, 6.07) is 13.2. The number of aryl methyl sites for hydroxylation is 3. The minimum absolute atomic E-state index is 0.0637. The van der Waals surface area contributed by atoms with Crippen molar-refractivity contribution in [3.8, 4) is 5.69 Å². The largest absolute Gasteiger partial charge is 0.352 e. The first-order valence-electron chi connectivity index (χ1n) is 10.5. The lowest BCUT2D eigenvalue weighted by molar-refractivity contribution is 0.0942. The van der Waals surface area contributed by atoms with Crippen LogP contribution in [-0.2, 0) is 6.54 Å². The van der Waals surface area contributed by atoms with Crippen molar-refractivity contribution in [3.05, 3.63) is 91.3 Å². The summed E-state index contributed by atoms with van der Waals surface area (Å²) in [6.07, 6.45) is 2.15. The van der Waals surface area contributed by atoms with E-state index in [2.05, 4.69) is 10.4 Å². The van der Waals surface area contributed by atoms with Gasteiger partial charge in [0.1, 0.15) is 0 Å². The van der Waals surface area contributed by atoms with E-state index in [1.807, 2.05) is 63.2 Å². The van der Waals surface area contributed by atoms with E-state index in [0.717, 1.165) is 44.3 Å². The second kappa shape index (κ2) is 8.34. The Bertz CT molecular complexity index is 1230. The number of nitrogens with zero attached hydrogens (tertiary/aromatic N) is 3. The fourth-order valence-corrected chi connectivity index (χ4v) is 3.56. The number of amides is 1. The molecule has 3 aromatic rings. The average Bonchev–Trinajstić information content (AvgIpc) is 3.54. The van der Waals surface area contributed by atoms with Gasteiger partial charge in [0.25, 0.3) is 11.5 Å². The average molecular weight is 418 g/mol. The highest BCUT2D eigenvalue weighted by Gasteiger charge is 2.25. The smallest absolute Gasteiger partial charge is 0.350 e. The van der Waals surface area contributed by atoms with E-state index >= 15 is 0 Å². The lowest BCUT2D eigenvalue weighted by Crippen LogP contribution is -2.46. The number of carbonyl (C=O) groups is 1. The molecule has 1 N–H and O–H groups in total. The zero-order valence-electron chi connectivity index (χ0n) is 18.0. The van der Waals surface area contributed by atoms with Gasteiger partial charge in [-0.05, 0) is 68.4 Å². The summed E-state index contributed by atoms with van der Waals surface area (Å²) >= 11 is 0. The number of nitrogens with one attached hydrogen (secondary N) is 1. The molecule has 1 amide bonds. The molecule has 2 aromatic carbocycles. The maximum atomic E-state index is 13.3. The molecule has 1 saturated carbocycles. The van der Waals surface area contributed by atoms with E-state index in [1.165, 1.54) is 0 Å². The molecule has 1 aliphatic carbocycles. The maximum absolute atomic E-state index is 13.3. The van der Waals surface area contributed by atoms with Crippen LogP contribution < -0.4 is 16.6 Å². The number of hydrogen-bond donors (Lipinski definition) is 1. The van der Waals surface area contributed by atoms with Crippen molar-refractivity contribution < 1.29 is 4.79 Å². The van der Waals surface area contributed by atoms with E-state index in [1.54, 1.807) is 0 Å². The monoisotopic (exact) mass is 418 g/mol. The Hall–Kier alpha value is -3.48. The first-order chi connectivity index (χ1) is 14.8. The van der Waals surface area contributed by atoms with Crippen LogP contribution in [0.5, 0.6) is 0 Å². The molecular weight excluding hydrogens is 392 g/mol. The topological polar surface area (TPSA) is 86.0 Å². The molecule has 7 nitrogen and oxygen atoms in total. The summed E-state index contributed by atoms with van der Waals surface area (Å²) in [5.41, 5.74) is 2.79. The van der Waals surface area contributed by atoms with Crippen LogP contribution in [0.3, 0.4) is 0 Å². The molecule has 1 fully saturated rings. The minimum atomic E-state index is -0.681. The molecule has 0 saturated heterocycles. The number of rotatable bonds is 6. The highest BCUT2D eigenvalue weighted by molar-refractivity contribution is 5.91.